The van der Waals surface area contributed by atoms with Crippen LogP contribution in [0.25, 0.3) is 0 Å². The second-order valence-corrected chi connectivity index (χ2v) is 4.48. The van der Waals surface area contributed by atoms with Crippen LogP contribution in [-0.2, 0) is 0 Å². The first-order chi connectivity index (χ1) is 7.17. The highest BCUT2D eigenvalue weighted by Gasteiger charge is 2.08. The van der Waals surface area contributed by atoms with E-state index in [1.165, 1.54) is 5.56 Å². The number of hydrogen-bond donors (Lipinski definition) is 1. The summed E-state index contributed by atoms with van der Waals surface area (Å²) in [7, 11) is 0. The molecule has 0 fully saturated rings. The highest BCUT2D eigenvalue weighted by Crippen LogP contribution is 2.17. The number of terminal acetylenes is 1. The fraction of sp³-hybridized carbons (Fsp3) is 0.385. The van der Waals surface area contributed by atoms with Crippen LogP contribution in [0, 0.1) is 12.3 Å². The Morgan fingerprint density at radius 1 is 1.40 bits per heavy atom. The molecule has 1 rings (SSSR count). The van der Waals surface area contributed by atoms with Crippen LogP contribution in [0.4, 0.5) is 0 Å². The van der Waals surface area contributed by atoms with Gasteiger partial charge >= 0.3 is 0 Å². The van der Waals surface area contributed by atoms with Crippen LogP contribution >= 0.6 is 15.9 Å². The molecule has 0 aromatic heterocycles. The van der Waals surface area contributed by atoms with Gasteiger partial charge in [-0.2, -0.15) is 0 Å². The van der Waals surface area contributed by atoms with Gasteiger partial charge in [0.05, 0.1) is 6.04 Å². The van der Waals surface area contributed by atoms with Crippen molar-refractivity contribution in [2.75, 3.05) is 0 Å². The number of rotatable bonds is 4. The summed E-state index contributed by atoms with van der Waals surface area (Å²) in [6.45, 7) is 4.22. The van der Waals surface area contributed by atoms with E-state index < -0.39 is 0 Å². The number of nitrogens with one attached hydrogen (secondary N) is 1. The maximum atomic E-state index is 5.41. The van der Waals surface area contributed by atoms with Crippen LogP contribution in [0.3, 0.4) is 0 Å². The molecule has 1 aromatic carbocycles. The predicted octanol–water partition coefficient (Wildman–Crippen LogP) is 3.51. The van der Waals surface area contributed by atoms with E-state index in [4.69, 9.17) is 6.42 Å². The topological polar surface area (TPSA) is 12.0 Å². The van der Waals surface area contributed by atoms with E-state index in [2.05, 4.69) is 53.1 Å². The van der Waals surface area contributed by atoms with Gasteiger partial charge in [0.2, 0.25) is 0 Å². The fourth-order valence-corrected chi connectivity index (χ4v) is 1.70. The highest BCUT2D eigenvalue weighted by molar-refractivity contribution is 9.10. The first-order valence-electron chi connectivity index (χ1n) is 5.15. The number of hydrogen-bond acceptors (Lipinski definition) is 1. The van der Waals surface area contributed by atoms with Gasteiger partial charge < -0.3 is 0 Å². The van der Waals surface area contributed by atoms with Crippen LogP contribution in [0.2, 0.25) is 0 Å². The Hall–Kier alpha value is -0.780. The van der Waals surface area contributed by atoms with Gasteiger partial charge in [-0.15, -0.1) is 6.42 Å². The van der Waals surface area contributed by atoms with Crippen molar-refractivity contribution in [3.8, 4) is 12.3 Å². The lowest BCUT2D eigenvalue weighted by molar-refractivity contribution is 0.512. The Balaban J connectivity index is 2.65. The van der Waals surface area contributed by atoms with Gasteiger partial charge in [-0.3, -0.25) is 5.32 Å². The van der Waals surface area contributed by atoms with Crippen molar-refractivity contribution in [3.63, 3.8) is 0 Å². The zero-order chi connectivity index (χ0) is 11.3. The summed E-state index contributed by atoms with van der Waals surface area (Å²) in [6, 6.07) is 8.74. The van der Waals surface area contributed by atoms with Crippen molar-refractivity contribution in [2.24, 2.45) is 0 Å². The third kappa shape index (κ3) is 3.70. The van der Waals surface area contributed by atoms with E-state index in [-0.39, 0.29) is 6.04 Å². The zero-order valence-corrected chi connectivity index (χ0v) is 10.7. The predicted molar refractivity (Wildman–Crippen MR) is 68.6 cm³/mol. The molecule has 0 spiro atoms. The number of benzene rings is 1. The van der Waals surface area contributed by atoms with E-state index in [0.29, 0.717) is 6.04 Å². The second kappa shape index (κ2) is 5.95. The van der Waals surface area contributed by atoms with Gasteiger partial charge in [0.25, 0.3) is 0 Å². The summed E-state index contributed by atoms with van der Waals surface area (Å²) in [6.07, 6.45) is 6.37. The quantitative estimate of drug-likeness (QED) is 0.822. The van der Waals surface area contributed by atoms with Crippen molar-refractivity contribution in [1.82, 2.24) is 5.32 Å². The maximum absolute atomic E-state index is 5.41. The van der Waals surface area contributed by atoms with Crippen LogP contribution in [0.15, 0.2) is 28.7 Å². The Bertz CT molecular complexity index is 337. The third-order valence-corrected chi connectivity index (χ3v) is 2.96. The zero-order valence-electron chi connectivity index (χ0n) is 9.13. The van der Waals surface area contributed by atoms with Crippen LogP contribution in [0.5, 0.6) is 0 Å². The molecule has 1 N–H and O–H groups in total. The summed E-state index contributed by atoms with van der Waals surface area (Å²) >= 11 is 3.42. The molecule has 2 unspecified atom stereocenters. The minimum atomic E-state index is 0.156. The first kappa shape index (κ1) is 12.3. The molecule has 0 amide bonds. The van der Waals surface area contributed by atoms with E-state index >= 15 is 0 Å². The lowest BCUT2D eigenvalue weighted by Gasteiger charge is -2.18. The second-order valence-electron chi connectivity index (χ2n) is 3.57. The summed E-state index contributed by atoms with van der Waals surface area (Å²) in [5, 5.41) is 3.40. The Labute approximate surface area is 100 Å². The molecule has 2 heteroatoms. The maximum Gasteiger partial charge on any atom is 0.0688 e. The average molecular weight is 266 g/mol. The monoisotopic (exact) mass is 265 g/mol. The van der Waals surface area contributed by atoms with E-state index in [9.17, 15) is 0 Å². The summed E-state index contributed by atoms with van der Waals surface area (Å²) in [5.41, 5.74) is 1.26. The number of halogens is 1. The van der Waals surface area contributed by atoms with Crippen molar-refractivity contribution >= 4 is 15.9 Å². The van der Waals surface area contributed by atoms with Crippen LogP contribution in [-0.4, -0.2) is 6.04 Å². The van der Waals surface area contributed by atoms with Gasteiger partial charge in [-0.25, -0.2) is 0 Å². The molecule has 0 aliphatic carbocycles. The molecule has 0 saturated carbocycles. The Morgan fingerprint density at radius 2 is 2.00 bits per heavy atom. The van der Waals surface area contributed by atoms with Gasteiger partial charge in [0.1, 0.15) is 0 Å². The van der Waals surface area contributed by atoms with Crippen molar-refractivity contribution in [3.05, 3.63) is 34.3 Å². The molecular weight excluding hydrogens is 250 g/mol. The average Bonchev–Trinajstić information content (AvgIpc) is 2.26. The van der Waals surface area contributed by atoms with Crippen molar-refractivity contribution in [1.29, 1.82) is 0 Å². The molecule has 0 radical (unpaired) electrons. The summed E-state index contributed by atoms with van der Waals surface area (Å²) < 4.78 is 1.10. The molecule has 15 heavy (non-hydrogen) atoms. The minimum absolute atomic E-state index is 0.156. The molecular formula is C13H16BrN. The van der Waals surface area contributed by atoms with Crippen molar-refractivity contribution < 1.29 is 0 Å². The van der Waals surface area contributed by atoms with E-state index in [1.54, 1.807) is 0 Å². The Morgan fingerprint density at radius 3 is 2.47 bits per heavy atom. The van der Waals surface area contributed by atoms with Crippen LogP contribution in [0.1, 0.15) is 31.9 Å². The molecule has 2 atom stereocenters. The lowest BCUT2D eigenvalue weighted by Crippen LogP contribution is -2.29. The largest absolute Gasteiger partial charge is 0.297 e. The molecule has 1 nitrogen and oxygen atoms in total. The normalized spacial score (nSPS) is 14.3. The molecule has 0 aliphatic heterocycles. The fourth-order valence-electron chi connectivity index (χ4n) is 1.43. The van der Waals surface area contributed by atoms with E-state index in [0.717, 1.165) is 10.9 Å². The SMILES string of the molecule is C#CC(CC)NC(C)c1ccc(Br)cc1. The third-order valence-electron chi connectivity index (χ3n) is 2.43. The summed E-state index contributed by atoms with van der Waals surface area (Å²) in [4.78, 5) is 0. The minimum Gasteiger partial charge on any atom is -0.297 e. The van der Waals surface area contributed by atoms with Gasteiger partial charge in [-0.05, 0) is 31.0 Å². The van der Waals surface area contributed by atoms with Gasteiger partial charge in [0, 0.05) is 10.5 Å². The molecule has 0 aliphatic rings. The van der Waals surface area contributed by atoms with E-state index in [1.807, 2.05) is 12.1 Å². The Kier molecular flexibility index (Phi) is 4.87. The standard InChI is InChI=1S/C13H16BrN/c1-4-13(5-2)15-10(3)11-6-8-12(14)9-7-11/h1,6-10,13,15H,5H2,2-3H3. The van der Waals surface area contributed by atoms with Gasteiger partial charge in [0.15, 0.2) is 0 Å². The highest BCUT2D eigenvalue weighted by atomic mass is 79.9. The lowest BCUT2D eigenvalue weighted by atomic mass is 10.1. The molecule has 0 saturated heterocycles. The molecule has 1 aromatic rings. The molecule has 80 valence electrons. The first-order valence-corrected chi connectivity index (χ1v) is 5.94. The van der Waals surface area contributed by atoms with Crippen molar-refractivity contribution in [2.45, 2.75) is 32.4 Å². The molecule has 0 heterocycles. The van der Waals surface area contributed by atoms with Gasteiger partial charge in [-0.1, -0.05) is 40.9 Å². The smallest absolute Gasteiger partial charge is 0.0688 e. The van der Waals surface area contributed by atoms with Crippen LogP contribution < -0.4 is 5.32 Å². The molecule has 0 bridgehead atoms. The summed E-state index contributed by atoms with van der Waals surface area (Å²) in [5.74, 6) is 2.74.